The number of hydrogen-bond acceptors (Lipinski definition) is 2. The summed E-state index contributed by atoms with van der Waals surface area (Å²) in [6, 6.07) is 9.49. The summed E-state index contributed by atoms with van der Waals surface area (Å²) < 4.78 is 0. The Labute approximate surface area is 117 Å². The molecule has 3 rings (SSSR count). The molecule has 2 heteroatoms. The van der Waals surface area contributed by atoms with Gasteiger partial charge < -0.3 is 10.2 Å². The standard InChI is InChI=1S/C17H26N2/c1-17(2)8-5-9-19(13-17)12-16-10-14-6-3-4-7-15(14)11-18-16/h3-4,6-7,16,18H,5,8-13H2,1-2H3. The summed E-state index contributed by atoms with van der Waals surface area (Å²) in [6.07, 6.45) is 3.92. The van der Waals surface area contributed by atoms with E-state index >= 15 is 0 Å². The van der Waals surface area contributed by atoms with Crippen molar-refractivity contribution in [3.8, 4) is 0 Å². The van der Waals surface area contributed by atoms with Gasteiger partial charge in [-0.05, 0) is 42.3 Å². The van der Waals surface area contributed by atoms with Gasteiger partial charge in [-0.2, -0.15) is 0 Å². The Morgan fingerprint density at radius 1 is 1.26 bits per heavy atom. The number of piperidine rings is 1. The zero-order valence-corrected chi connectivity index (χ0v) is 12.3. The van der Waals surface area contributed by atoms with Crippen molar-refractivity contribution in [3.63, 3.8) is 0 Å². The van der Waals surface area contributed by atoms with Crippen LogP contribution in [0.25, 0.3) is 0 Å². The Morgan fingerprint density at radius 3 is 2.84 bits per heavy atom. The van der Waals surface area contributed by atoms with Gasteiger partial charge in [0.2, 0.25) is 0 Å². The van der Waals surface area contributed by atoms with Crippen LogP contribution >= 0.6 is 0 Å². The number of benzene rings is 1. The molecule has 1 saturated heterocycles. The van der Waals surface area contributed by atoms with Crippen molar-refractivity contribution in [1.82, 2.24) is 10.2 Å². The summed E-state index contributed by atoms with van der Waals surface area (Å²) in [7, 11) is 0. The van der Waals surface area contributed by atoms with Crippen LogP contribution in [-0.4, -0.2) is 30.6 Å². The van der Waals surface area contributed by atoms with Crippen molar-refractivity contribution in [2.75, 3.05) is 19.6 Å². The van der Waals surface area contributed by atoms with Crippen molar-refractivity contribution < 1.29 is 0 Å². The van der Waals surface area contributed by atoms with E-state index < -0.39 is 0 Å². The summed E-state index contributed by atoms with van der Waals surface area (Å²) >= 11 is 0. The summed E-state index contributed by atoms with van der Waals surface area (Å²) in [5.41, 5.74) is 3.53. The molecule has 2 aliphatic rings. The van der Waals surface area contributed by atoms with Gasteiger partial charge in [-0.15, -0.1) is 0 Å². The average molecular weight is 258 g/mol. The summed E-state index contributed by atoms with van der Waals surface area (Å²) in [6.45, 7) is 9.59. The van der Waals surface area contributed by atoms with Crippen LogP contribution in [0.1, 0.15) is 37.8 Å². The Morgan fingerprint density at radius 2 is 2.05 bits per heavy atom. The SMILES string of the molecule is CC1(C)CCCN(CC2Cc3ccccc3CN2)C1. The molecule has 104 valence electrons. The number of fused-ring (bicyclic) bond motifs is 1. The second-order valence-corrected chi connectivity index (χ2v) is 7.05. The van der Waals surface area contributed by atoms with Gasteiger partial charge in [-0.3, -0.25) is 0 Å². The number of nitrogens with one attached hydrogen (secondary N) is 1. The van der Waals surface area contributed by atoms with Gasteiger partial charge in [-0.1, -0.05) is 38.1 Å². The minimum Gasteiger partial charge on any atom is -0.308 e. The van der Waals surface area contributed by atoms with E-state index in [1.165, 1.54) is 44.5 Å². The van der Waals surface area contributed by atoms with Crippen LogP contribution < -0.4 is 5.32 Å². The highest BCUT2D eigenvalue weighted by Crippen LogP contribution is 2.28. The minimum absolute atomic E-state index is 0.505. The highest BCUT2D eigenvalue weighted by Gasteiger charge is 2.28. The molecule has 2 nitrogen and oxygen atoms in total. The molecule has 19 heavy (non-hydrogen) atoms. The molecule has 1 atom stereocenters. The molecule has 1 aromatic rings. The summed E-state index contributed by atoms with van der Waals surface area (Å²) in [5, 5.41) is 3.71. The second kappa shape index (κ2) is 5.26. The first-order valence-corrected chi connectivity index (χ1v) is 7.65. The van der Waals surface area contributed by atoms with Crippen LogP contribution in [0.15, 0.2) is 24.3 Å². The number of nitrogens with zero attached hydrogens (tertiary/aromatic N) is 1. The molecule has 0 saturated carbocycles. The molecule has 2 aliphatic heterocycles. The Balaban J connectivity index is 1.60. The van der Waals surface area contributed by atoms with E-state index in [4.69, 9.17) is 0 Å². The molecule has 2 heterocycles. The zero-order chi connectivity index (χ0) is 13.3. The molecule has 0 spiro atoms. The lowest BCUT2D eigenvalue weighted by Crippen LogP contribution is -2.49. The molecule has 1 fully saturated rings. The average Bonchev–Trinajstić information content (AvgIpc) is 2.37. The number of rotatable bonds is 2. The molecule has 0 amide bonds. The predicted octanol–water partition coefficient (Wildman–Crippen LogP) is 2.82. The normalized spacial score (nSPS) is 26.9. The fourth-order valence-electron chi connectivity index (χ4n) is 3.66. The first-order valence-electron chi connectivity index (χ1n) is 7.65. The van der Waals surface area contributed by atoms with Gasteiger partial charge in [0.1, 0.15) is 0 Å². The molecule has 0 bridgehead atoms. The van der Waals surface area contributed by atoms with E-state index in [0.717, 1.165) is 6.54 Å². The number of hydrogen-bond donors (Lipinski definition) is 1. The Hall–Kier alpha value is -0.860. The molecule has 1 N–H and O–H groups in total. The van der Waals surface area contributed by atoms with Crippen LogP contribution in [-0.2, 0) is 13.0 Å². The van der Waals surface area contributed by atoms with E-state index in [2.05, 4.69) is 48.3 Å². The lowest BCUT2D eigenvalue weighted by Gasteiger charge is -2.40. The third-order valence-corrected chi connectivity index (χ3v) is 4.62. The van der Waals surface area contributed by atoms with Gasteiger partial charge in [0.15, 0.2) is 0 Å². The monoisotopic (exact) mass is 258 g/mol. The van der Waals surface area contributed by atoms with Crippen LogP contribution in [0.4, 0.5) is 0 Å². The maximum atomic E-state index is 3.71. The molecule has 1 unspecified atom stereocenters. The third kappa shape index (κ3) is 3.18. The van der Waals surface area contributed by atoms with Crippen molar-refractivity contribution in [3.05, 3.63) is 35.4 Å². The molecule has 0 radical (unpaired) electrons. The first-order chi connectivity index (χ1) is 9.12. The van der Waals surface area contributed by atoms with E-state index in [0.29, 0.717) is 11.5 Å². The van der Waals surface area contributed by atoms with E-state index in [1.54, 1.807) is 5.56 Å². The fourth-order valence-corrected chi connectivity index (χ4v) is 3.66. The van der Waals surface area contributed by atoms with Crippen LogP contribution in [0.5, 0.6) is 0 Å². The van der Waals surface area contributed by atoms with Gasteiger partial charge in [0.05, 0.1) is 0 Å². The lowest BCUT2D eigenvalue weighted by molar-refractivity contribution is 0.106. The second-order valence-electron chi connectivity index (χ2n) is 7.05. The maximum absolute atomic E-state index is 3.71. The van der Waals surface area contributed by atoms with Crippen LogP contribution in [0, 0.1) is 5.41 Å². The lowest BCUT2D eigenvalue weighted by atomic mass is 9.84. The van der Waals surface area contributed by atoms with Crippen LogP contribution in [0.3, 0.4) is 0 Å². The predicted molar refractivity (Wildman–Crippen MR) is 80.2 cm³/mol. The zero-order valence-electron chi connectivity index (χ0n) is 12.3. The van der Waals surface area contributed by atoms with Gasteiger partial charge in [0.25, 0.3) is 0 Å². The van der Waals surface area contributed by atoms with Gasteiger partial charge in [0, 0.05) is 25.7 Å². The molecule has 1 aromatic carbocycles. The molecule has 0 aromatic heterocycles. The highest BCUT2D eigenvalue weighted by atomic mass is 15.2. The fraction of sp³-hybridized carbons (Fsp3) is 0.647. The smallest absolute Gasteiger partial charge is 0.0238 e. The van der Waals surface area contributed by atoms with Crippen LogP contribution in [0.2, 0.25) is 0 Å². The van der Waals surface area contributed by atoms with E-state index in [-0.39, 0.29) is 0 Å². The van der Waals surface area contributed by atoms with Crippen molar-refractivity contribution in [2.24, 2.45) is 5.41 Å². The van der Waals surface area contributed by atoms with E-state index in [1.807, 2.05) is 0 Å². The molecule has 0 aliphatic carbocycles. The third-order valence-electron chi connectivity index (χ3n) is 4.62. The molecular weight excluding hydrogens is 232 g/mol. The van der Waals surface area contributed by atoms with Gasteiger partial charge in [-0.25, -0.2) is 0 Å². The van der Waals surface area contributed by atoms with Crippen molar-refractivity contribution in [1.29, 1.82) is 0 Å². The summed E-state index contributed by atoms with van der Waals surface area (Å²) in [5.74, 6) is 0. The first kappa shape index (κ1) is 13.1. The van der Waals surface area contributed by atoms with E-state index in [9.17, 15) is 0 Å². The Bertz CT molecular complexity index is 439. The largest absolute Gasteiger partial charge is 0.308 e. The number of likely N-dealkylation sites (tertiary alicyclic amines) is 1. The van der Waals surface area contributed by atoms with Gasteiger partial charge >= 0.3 is 0 Å². The topological polar surface area (TPSA) is 15.3 Å². The quantitative estimate of drug-likeness (QED) is 0.877. The summed E-state index contributed by atoms with van der Waals surface area (Å²) in [4.78, 5) is 2.66. The Kier molecular flexibility index (Phi) is 3.64. The maximum Gasteiger partial charge on any atom is 0.0238 e. The molecular formula is C17H26N2. The van der Waals surface area contributed by atoms with Crippen molar-refractivity contribution in [2.45, 2.75) is 45.7 Å². The highest BCUT2D eigenvalue weighted by molar-refractivity contribution is 5.29. The minimum atomic E-state index is 0.505. The van der Waals surface area contributed by atoms with Crippen molar-refractivity contribution >= 4 is 0 Å².